The molecule has 5 nitrogen and oxygen atoms in total. The van der Waals surface area contributed by atoms with Gasteiger partial charge < -0.3 is 4.84 Å². The molecule has 0 aromatic rings. The zero-order valence-electron chi connectivity index (χ0n) is 7.47. The molecule has 0 N–H and O–H groups in total. The summed E-state index contributed by atoms with van der Waals surface area (Å²) in [6.07, 6.45) is 2.12. The van der Waals surface area contributed by atoms with Crippen molar-refractivity contribution in [2.45, 2.75) is 18.6 Å². The van der Waals surface area contributed by atoms with E-state index in [0.29, 0.717) is 5.06 Å². The second kappa shape index (κ2) is 4.28. The van der Waals surface area contributed by atoms with Gasteiger partial charge in [0.2, 0.25) is 0 Å². The van der Waals surface area contributed by atoms with E-state index in [1.165, 1.54) is 0 Å². The number of hydrogen-bond acceptors (Lipinski definition) is 5. The van der Waals surface area contributed by atoms with Crippen LogP contribution in [0.25, 0.3) is 0 Å². The van der Waals surface area contributed by atoms with Gasteiger partial charge in [0.25, 0.3) is 11.8 Å². The van der Waals surface area contributed by atoms with Crippen LogP contribution in [0, 0.1) is 0 Å². The average molecular weight is 215 g/mol. The molecular weight excluding hydrogens is 206 g/mol. The molecule has 0 fully saturated rings. The van der Waals surface area contributed by atoms with E-state index in [1.807, 2.05) is 0 Å². The molecule has 0 aromatic heterocycles. The minimum Gasteiger partial charge on any atom is -0.330 e. The number of rotatable bonds is 3. The van der Waals surface area contributed by atoms with Gasteiger partial charge in [-0.15, -0.1) is 0 Å². The van der Waals surface area contributed by atoms with E-state index in [-0.39, 0.29) is 11.7 Å². The Kier molecular flexibility index (Phi) is 3.29. The van der Waals surface area contributed by atoms with Gasteiger partial charge in [-0.05, 0) is 0 Å². The topological polar surface area (TPSA) is 63.7 Å². The van der Waals surface area contributed by atoms with Crippen molar-refractivity contribution in [2.75, 3.05) is 0 Å². The highest BCUT2D eigenvalue weighted by molar-refractivity contribution is 7.80. The summed E-state index contributed by atoms with van der Waals surface area (Å²) >= 11 is 3.97. The van der Waals surface area contributed by atoms with E-state index in [0.717, 1.165) is 12.2 Å². The monoisotopic (exact) mass is 215 g/mol. The molecule has 0 radical (unpaired) electrons. The number of nitrogens with zero attached hydrogens (tertiary/aromatic N) is 1. The molecule has 1 atom stereocenters. The molecule has 0 bridgehead atoms. The van der Waals surface area contributed by atoms with Crippen molar-refractivity contribution in [2.24, 2.45) is 0 Å². The number of imide groups is 1. The molecular formula is C8H9NO4S. The summed E-state index contributed by atoms with van der Waals surface area (Å²) in [5.74, 6) is -1.94. The fourth-order valence-electron chi connectivity index (χ4n) is 0.857. The molecule has 0 aromatic carbocycles. The maximum Gasteiger partial charge on any atom is 0.334 e. The van der Waals surface area contributed by atoms with E-state index >= 15 is 0 Å². The molecule has 1 heterocycles. The van der Waals surface area contributed by atoms with Crippen molar-refractivity contribution < 1.29 is 19.2 Å². The van der Waals surface area contributed by atoms with Crippen molar-refractivity contribution >= 4 is 30.4 Å². The lowest BCUT2D eigenvalue weighted by Crippen LogP contribution is -2.33. The first-order valence-corrected chi connectivity index (χ1v) is 4.47. The Balaban J connectivity index is 2.49. The molecule has 0 saturated carbocycles. The predicted octanol–water partition coefficient (Wildman–Crippen LogP) is 0.0780. The minimum absolute atomic E-state index is 0.0418. The van der Waals surface area contributed by atoms with Gasteiger partial charge in [0.15, 0.2) is 0 Å². The van der Waals surface area contributed by atoms with Gasteiger partial charge >= 0.3 is 5.97 Å². The van der Waals surface area contributed by atoms with E-state index in [2.05, 4.69) is 17.5 Å². The average Bonchev–Trinajstić information content (AvgIpc) is 2.34. The van der Waals surface area contributed by atoms with Crippen molar-refractivity contribution in [1.82, 2.24) is 5.06 Å². The number of hydrogen-bond donors (Lipinski definition) is 1. The number of hydroxylamine groups is 2. The summed E-state index contributed by atoms with van der Waals surface area (Å²) in [7, 11) is 0. The van der Waals surface area contributed by atoms with Crippen LogP contribution in [0.5, 0.6) is 0 Å². The maximum atomic E-state index is 11.1. The molecule has 0 spiro atoms. The molecule has 0 aliphatic carbocycles. The zero-order valence-corrected chi connectivity index (χ0v) is 8.36. The normalized spacial score (nSPS) is 17.4. The lowest BCUT2D eigenvalue weighted by molar-refractivity contribution is -0.196. The zero-order chi connectivity index (χ0) is 10.7. The van der Waals surface area contributed by atoms with Gasteiger partial charge in [0.05, 0.1) is 6.42 Å². The largest absolute Gasteiger partial charge is 0.334 e. The quantitative estimate of drug-likeness (QED) is 0.535. The second-order valence-corrected chi connectivity index (χ2v) is 3.70. The minimum atomic E-state index is -0.655. The Labute approximate surface area is 86.1 Å². The molecule has 1 unspecified atom stereocenters. The Morgan fingerprint density at radius 1 is 1.50 bits per heavy atom. The third kappa shape index (κ3) is 2.59. The van der Waals surface area contributed by atoms with Gasteiger partial charge in [0, 0.05) is 17.4 Å². The SMILES string of the molecule is CC(S)CC(=O)ON1C(=O)C=CC1=O. The Morgan fingerprint density at radius 3 is 2.43 bits per heavy atom. The van der Waals surface area contributed by atoms with E-state index in [9.17, 15) is 14.4 Å². The van der Waals surface area contributed by atoms with Gasteiger partial charge in [-0.3, -0.25) is 9.59 Å². The summed E-state index contributed by atoms with van der Waals surface area (Å²) in [5.41, 5.74) is 0. The van der Waals surface area contributed by atoms with Crippen LogP contribution in [0.2, 0.25) is 0 Å². The number of carbonyl (C=O) groups excluding carboxylic acids is 3. The van der Waals surface area contributed by atoms with Crippen LogP contribution in [0.3, 0.4) is 0 Å². The molecule has 2 amide bonds. The molecule has 0 saturated heterocycles. The lowest BCUT2D eigenvalue weighted by atomic mass is 10.3. The van der Waals surface area contributed by atoms with Gasteiger partial charge in [0.1, 0.15) is 0 Å². The highest BCUT2D eigenvalue weighted by Gasteiger charge is 2.27. The van der Waals surface area contributed by atoms with Crippen molar-refractivity contribution in [3.8, 4) is 0 Å². The summed E-state index contributed by atoms with van der Waals surface area (Å²) < 4.78 is 0. The van der Waals surface area contributed by atoms with Crippen molar-refractivity contribution in [1.29, 1.82) is 0 Å². The highest BCUT2D eigenvalue weighted by Crippen LogP contribution is 2.07. The fourth-order valence-corrected chi connectivity index (χ4v) is 1.01. The Morgan fingerprint density at radius 2 is 2.00 bits per heavy atom. The van der Waals surface area contributed by atoms with Crippen molar-refractivity contribution in [3.05, 3.63) is 12.2 Å². The first kappa shape index (κ1) is 10.8. The van der Waals surface area contributed by atoms with Crippen LogP contribution in [-0.2, 0) is 19.2 Å². The maximum absolute atomic E-state index is 11.1. The van der Waals surface area contributed by atoms with Gasteiger partial charge in [-0.2, -0.15) is 12.6 Å². The fraction of sp³-hybridized carbons (Fsp3) is 0.375. The van der Waals surface area contributed by atoms with Crippen molar-refractivity contribution in [3.63, 3.8) is 0 Å². The smallest absolute Gasteiger partial charge is 0.330 e. The Bertz CT molecular complexity index is 292. The molecule has 6 heteroatoms. The van der Waals surface area contributed by atoms with E-state index in [1.54, 1.807) is 6.92 Å². The van der Waals surface area contributed by atoms with E-state index in [4.69, 9.17) is 0 Å². The second-order valence-electron chi connectivity index (χ2n) is 2.82. The van der Waals surface area contributed by atoms with Crippen LogP contribution in [-0.4, -0.2) is 28.1 Å². The lowest BCUT2D eigenvalue weighted by Gasteiger charge is -2.12. The number of amides is 2. The predicted molar refractivity (Wildman–Crippen MR) is 50.2 cm³/mol. The van der Waals surface area contributed by atoms with Gasteiger partial charge in [-0.25, -0.2) is 4.79 Å². The Hall–Kier alpha value is -1.30. The first-order valence-electron chi connectivity index (χ1n) is 3.95. The summed E-state index contributed by atoms with van der Waals surface area (Å²) in [6.45, 7) is 1.70. The molecule has 1 rings (SSSR count). The van der Waals surface area contributed by atoms with Crippen LogP contribution in [0.15, 0.2) is 12.2 Å². The summed E-state index contributed by atoms with van der Waals surface area (Å²) in [6, 6.07) is 0. The third-order valence-electron chi connectivity index (χ3n) is 1.42. The van der Waals surface area contributed by atoms with Crippen LogP contribution in [0.4, 0.5) is 0 Å². The number of carbonyl (C=O) groups is 3. The highest BCUT2D eigenvalue weighted by atomic mass is 32.1. The van der Waals surface area contributed by atoms with E-state index < -0.39 is 17.8 Å². The molecule has 1 aliphatic heterocycles. The molecule has 1 aliphatic rings. The van der Waals surface area contributed by atoms with Crippen LogP contribution < -0.4 is 0 Å². The van der Waals surface area contributed by atoms with Crippen LogP contribution >= 0.6 is 12.6 Å². The number of thiol groups is 1. The summed E-state index contributed by atoms with van der Waals surface area (Å²) in [5, 5.41) is 0.252. The third-order valence-corrected chi connectivity index (χ3v) is 1.61. The van der Waals surface area contributed by atoms with Gasteiger partial charge in [-0.1, -0.05) is 12.0 Å². The molecule has 14 heavy (non-hydrogen) atoms. The summed E-state index contributed by atoms with van der Waals surface area (Å²) in [4.78, 5) is 37.4. The standard InChI is InChI=1S/C8H9NO4S/c1-5(14)4-8(12)13-9-6(10)2-3-7(9)11/h2-3,5,14H,4H2,1H3. The first-order chi connectivity index (χ1) is 6.50. The molecule has 76 valence electrons. The van der Waals surface area contributed by atoms with Crippen LogP contribution in [0.1, 0.15) is 13.3 Å².